The van der Waals surface area contributed by atoms with E-state index in [0.29, 0.717) is 6.61 Å². The van der Waals surface area contributed by atoms with Crippen LogP contribution in [0.1, 0.15) is 30.8 Å². The number of ether oxygens (including phenoxy) is 2. The second-order valence-electron chi connectivity index (χ2n) is 6.76. The fraction of sp³-hybridized carbons (Fsp3) is 0.600. The molecule has 8 heteroatoms. The van der Waals surface area contributed by atoms with Crippen LogP contribution in [-0.4, -0.2) is 66.6 Å². The van der Waals surface area contributed by atoms with Gasteiger partial charge in [0.1, 0.15) is 11.9 Å². The van der Waals surface area contributed by atoms with Gasteiger partial charge in [-0.1, -0.05) is 0 Å². The highest BCUT2D eigenvalue weighted by Crippen LogP contribution is 2.21. The molecule has 1 N–H and O–H groups in total. The summed E-state index contributed by atoms with van der Waals surface area (Å²) < 4.78 is 18.6. The van der Waals surface area contributed by atoms with E-state index in [9.17, 15) is 0 Å². The first kappa shape index (κ1) is 20.4. The highest BCUT2D eigenvalue weighted by molar-refractivity contribution is 5.80. The van der Waals surface area contributed by atoms with Gasteiger partial charge in [0.25, 0.3) is 0 Å². The molecule has 0 bridgehead atoms. The van der Waals surface area contributed by atoms with Crippen LogP contribution in [0.15, 0.2) is 40.2 Å². The minimum absolute atomic E-state index is 0.00273. The maximum Gasteiger partial charge on any atom is 0.194 e. The number of rotatable bonds is 9. The fourth-order valence-electron chi connectivity index (χ4n) is 3.17. The molecule has 0 aliphatic carbocycles. The van der Waals surface area contributed by atoms with Crippen LogP contribution in [0.4, 0.5) is 0 Å². The quantitative estimate of drug-likeness (QED) is 0.402. The van der Waals surface area contributed by atoms with E-state index in [-0.39, 0.29) is 6.10 Å². The van der Waals surface area contributed by atoms with Gasteiger partial charge in [-0.25, -0.2) is 0 Å². The molecular weight excluding hydrogens is 358 g/mol. The number of nitrogens with zero attached hydrogens (tertiary/aromatic N) is 4. The third-order valence-electron chi connectivity index (χ3n) is 4.61. The number of hydrogen-bond acceptors (Lipinski definition) is 5. The normalized spacial score (nSPS) is 17.9. The molecule has 1 unspecified atom stereocenters. The predicted octanol–water partition coefficient (Wildman–Crippen LogP) is 2.00. The third kappa shape index (κ3) is 6.10. The van der Waals surface area contributed by atoms with E-state index >= 15 is 0 Å². The standard InChI is InChI=1S/C20H31N5O3/c1-3-26-11-5-8-21-20(22-9-7-18-6-4-12-27-18)25-10-13-28-19(16-25)17-14-23-24(2)15-17/h4,6,12,14-15,19H,3,5,7-11,13,16H2,1-2H3,(H,21,22). The fourth-order valence-corrected chi connectivity index (χ4v) is 3.17. The minimum Gasteiger partial charge on any atom is -0.469 e. The van der Waals surface area contributed by atoms with E-state index in [2.05, 4.69) is 15.3 Å². The molecule has 28 heavy (non-hydrogen) atoms. The lowest BCUT2D eigenvalue weighted by atomic mass is 10.1. The molecule has 1 saturated heterocycles. The van der Waals surface area contributed by atoms with Crippen LogP contribution in [-0.2, 0) is 22.9 Å². The van der Waals surface area contributed by atoms with Crippen LogP contribution >= 0.6 is 0 Å². The summed E-state index contributed by atoms with van der Waals surface area (Å²) in [6.45, 7) is 7.23. The summed E-state index contributed by atoms with van der Waals surface area (Å²) in [5.41, 5.74) is 1.10. The maximum absolute atomic E-state index is 5.97. The summed E-state index contributed by atoms with van der Waals surface area (Å²) in [5.74, 6) is 1.89. The summed E-state index contributed by atoms with van der Waals surface area (Å²) in [6, 6.07) is 3.91. The van der Waals surface area contributed by atoms with Crippen molar-refractivity contribution in [2.24, 2.45) is 12.0 Å². The molecule has 1 atom stereocenters. The maximum atomic E-state index is 5.97. The van der Waals surface area contributed by atoms with Gasteiger partial charge in [-0.15, -0.1) is 0 Å². The molecule has 0 radical (unpaired) electrons. The average Bonchev–Trinajstić information content (AvgIpc) is 3.38. The molecule has 0 aromatic carbocycles. The van der Waals surface area contributed by atoms with Crippen molar-refractivity contribution in [2.75, 3.05) is 46.0 Å². The number of aliphatic imine (C=N–C) groups is 1. The Hall–Kier alpha value is -2.32. The predicted molar refractivity (Wildman–Crippen MR) is 107 cm³/mol. The molecule has 2 aromatic heterocycles. The van der Waals surface area contributed by atoms with Crippen LogP contribution in [0.5, 0.6) is 0 Å². The van der Waals surface area contributed by atoms with Crippen LogP contribution in [0.2, 0.25) is 0 Å². The van der Waals surface area contributed by atoms with E-state index in [4.69, 9.17) is 18.9 Å². The summed E-state index contributed by atoms with van der Waals surface area (Å²) in [7, 11) is 1.92. The molecule has 2 aromatic rings. The number of hydrogen-bond donors (Lipinski definition) is 1. The highest BCUT2D eigenvalue weighted by Gasteiger charge is 2.25. The van der Waals surface area contributed by atoms with Crippen LogP contribution in [0.25, 0.3) is 0 Å². The Morgan fingerprint density at radius 3 is 3.14 bits per heavy atom. The summed E-state index contributed by atoms with van der Waals surface area (Å²) in [6.07, 6.45) is 7.32. The number of guanidine groups is 1. The first-order chi connectivity index (χ1) is 13.8. The van der Waals surface area contributed by atoms with Gasteiger partial charge < -0.3 is 24.1 Å². The molecule has 1 aliphatic rings. The zero-order chi connectivity index (χ0) is 19.6. The lowest BCUT2D eigenvalue weighted by Gasteiger charge is -2.35. The highest BCUT2D eigenvalue weighted by atomic mass is 16.5. The number of furan rings is 1. The molecular formula is C20H31N5O3. The molecule has 0 amide bonds. The number of aryl methyl sites for hydroxylation is 1. The van der Waals surface area contributed by atoms with Crippen molar-refractivity contribution in [3.63, 3.8) is 0 Å². The van der Waals surface area contributed by atoms with Gasteiger partial charge in [-0.3, -0.25) is 9.67 Å². The Balaban J connectivity index is 1.59. The molecule has 1 aliphatic heterocycles. The largest absolute Gasteiger partial charge is 0.469 e. The van der Waals surface area contributed by atoms with E-state index in [1.54, 1.807) is 6.26 Å². The lowest BCUT2D eigenvalue weighted by molar-refractivity contribution is -0.00807. The number of nitrogens with one attached hydrogen (secondary N) is 1. The van der Waals surface area contributed by atoms with E-state index in [1.165, 1.54) is 0 Å². The second kappa shape index (κ2) is 10.9. The molecule has 1 fully saturated rings. The summed E-state index contributed by atoms with van der Waals surface area (Å²) >= 11 is 0. The van der Waals surface area contributed by atoms with Gasteiger partial charge in [-0.05, 0) is 25.5 Å². The van der Waals surface area contributed by atoms with Crippen molar-refractivity contribution in [1.29, 1.82) is 0 Å². The summed E-state index contributed by atoms with van der Waals surface area (Å²) in [5, 5.41) is 7.76. The Morgan fingerprint density at radius 2 is 2.39 bits per heavy atom. The van der Waals surface area contributed by atoms with E-state index < -0.39 is 0 Å². The average molecular weight is 390 g/mol. The van der Waals surface area contributed by atoms with Crippen LogP contribution < -0.4 is 5.32 Å². The SMILES string of the molecule is CCOCCCN=C(NCCc1ccco1)N1CCOC(c2cnn(C)c2)C1. The number of morpholine rings is 1. The zero-order valence-corrected chi connectivity index (χ0v) is 16.8. The van der Waals surface area contributed by atoms with Gasteiger partial charge >= 0.3 is 0 Å². The molecule has 8 nitrogen and oxygen atoms in total. The zero-order valence-electron chi connectivity index (χ0n) is 16.8. The first-order valence-electron chi connectivity index (χ1n) is 9.99. The van der Waals surface area contributed by atoms with Crippen molar-refractivity contribution in [3.8, 4) is 0 Å². The van der Waals surface area contributed by atoms with Crippen molar-refractivity contribution in [2.45, 2.75) is 25.9 Å². The smallest absolute Gasteiger partial charge is 0.194 e. The Kier molecular flexibility index (Phi) is 7.93. The monoisotopic (exact) mass is 389 g/mol. The van der Waals surface area contributed by atoms with Crippen molar-refractivity contribution in [3.05, 3.63) is 42.1 Å². The van der Waals surface area contributed by atoms with Crippen molar-refractivity contribution in [1.82, 2.24) is 20.0 Å². The topological polar surface area (TPSA) is 77.1 Å². The molecule has 154 valence electrons. The van der Waals surface area contributed by atoms with Gasteiger partial charge in [-0.2, -0.15) is 5.10 Å². The first-order valence-corrected chi connectivity index (χ1v) is 9.99. The molecule has 0 spiro atoms. The second-order valence-corrected chi connectivity index (χ2v) is 6.76. The van der Waals surface area contributed by atoms with E-state index in [0.717, 1.165) is 69.5 Å². The van der Waals surface area contributed by atoms with E-state index in [1.807, 2.05) is 43.2 Å². The van der Waals surface area contributed by atoms with Crippen molar-refractivity contribution >= 4 is 5.96 Å². The molecule has 3 heterocycles. The Labute approximate surface area is 166 Å². The Bertz CT molecular complexity index is 713. The number of aromatic nitrogens is 2. The van der Waals surface area contributed by atoms with Gasteiger partial charge in [0.2, 0.25) is 0 Å². The van der Waals surface area contributed by atoms with Gasteiger partial charge in [0.15, 0.2) is 5.96 Å². The van der Waals surface area contributed by atoms with Crippen molar-refractivity contribution < 1.29 is 13.9 Å². The minimum atomic E-state index is 0.00273. The van der Waals surface area contributed by atoms with Crippen LogP contribution in [0, 0.1) is 0 Å². The Morgan fingerprint density at radius 1 is 1.46 bits per heavy atom. The molecule has 3 rings (SSSR count). The third-order valence-corrected chi connectivity index (χ3v) is 4.61. The molecule has 0 saturated carbocycles. The van der Waals surface area contributed by atoms with Gasteiger partial charge in [0, 0.05) is 58.1 Å². The van der Waals surface area contributed by atoms with Crippen LogP contribution in [0.3, 0.4) is 0 Å². The van der Waals surface area contributed by atoms with Gasteiger partial charge in [0.05, 0.1) is 25.6 Å². The summed E-state index contributed by atoms with van der Waals surface area (Å²) in [4.78, 5) is 7.08. The lowest BCUT2D eigenvalue weighted by Crippen LogP contribution is -2.48.